The fraction of sp³-hybridized carbons (Fsp3) is 1.00. The van der Waals surface area contributed by atoms with E-state index in [0.29, 0.717) is 18.6 Å². The minimum atomic E-state index is -2.91. The fourth-order valence-electron chi connectivity index (χ4n) is 3.11. The van der Waals surface area contributed by atoms with Crippen LogP contribution in [0.25, 0.3) is 0 Å². The Kier molecular flexibility index (Phi) is 4.67. The Balaban J connectivity index is 1.83. The van der Waals surface area contributed by atoms with Crippen LogP contribution in [-0.4, -0.2) is 38.2 Å². The van der Waals surface area contributed by atoms with Gasteiger partial charge in [0.25, 0.3) is 0 Å². The molecule has 2 aliphatic carbocycles. The molecular weight excluding hydrogens is 250 g/mol. The van der Waals surface area contributed by atoms with Gasteiger partial charge in [0.05, 0.1) is 17.5 Å². The summed E-state index contributed by atoms with van der Waals surface area (Å²) in [4.78, 5) is 0. The molecule has 0 aromatic heterocycles. The predicted molar refractivity (Wildman–Crippen MR) is 72.2 cm³/mol. The van der Waals surface area contributed by atoms with Crippen LogP contribution in [0.15, 0.2) is 0 Å². The summed E-state index contributed by atoms with van der Waals surface area (Å²) in [6.45, 7) is 0. The first-order valence-electron chi connectivity index (χ1n) is 7.05. The molecule has 18 heavy (non-hydrogen) atoms. The van der Waals surface area contributed by atoms with E-state index in [1.54, 1.807) is 0 Å². The molecule has 0 aliphatic heterocycles. The van der Waals surface area contributed by atoms with E-state index in [1.807, 2.05) is 0 Å². The molecule has 2 fully saturated rings. The van der Waals surface area contributed by atoms with E-state index >= 15 is 0 Å². The van der Waals surface area contributed by atoms with E-state index in [1.165, 1.54) is 6.26 Å². The molecule has 2 rings (SSSR count). The third kappa shape index (κ3) is 3.93. The second-order valence-corrected chi connectivity index (χ2v) is 8.24. The van der Waals surface area contributed by atoms with Gasteiger partial charge < -0.3 is 10.5 Å². The van der Waals surface area contributed by atoms with Crippen LogP contribution in [0.3, 0.4) is 0 Å². The maximum Gasteiger partial charge on any atom is 0.150 e. The van der Waals surface area contributed by atoms with Gasteiger partial charge in [-0.15, -0.1) is 0 Å². The van der Waals surface area contributed by atoms with Gasteiger partial charge in [0.15, 0.2) is 0 Å². The molecule has 0 aromatic carbocycles. The maximum atomic E-state index is 11.6. The summed E-state index contributed by atoms with van der Waals surface area (Å²) in [6.07, 6.45) is 9.37. The highest BCUT2D eigenvalue weighted by Gasteiger charge is 2.31. The lowest BCUT2D eigenvalue weighted by atomic mass is 9.92. The third-order valence-corrected chi connectivity index (χ3v) is 5.93. The van der Waals surface area contributed by atoms with Gasteiger partial charge in [-0.05, 0) is 51.4 Å². The largest absolute Gasteiger partial charge is 0.375 e. The van der Waals surface area contributed by atoms with Crippen LogP contribution in [-0.2, 0) is 14.6 Å². The average Bonchev–Trinajstić information content (AvgIpc) is 2.31. The molecule has 2 saturated carbocycles. The van der Waals surface area contributed by atoms with Crippen molar-refractivity contribution in [3.05, 3.63) is 0 Å². The second kappa shape index (κ2) is 5.88. The summed E-state index contributed by atoms with van der Waals surface area (Å²) in [7, 11) is -2.91. The average molecular weight is 275 g/mol. The lowest BCUT2D eigenvalue weighted by molar-refractivity contribution is -0.0461. The number of hydrogen-bond donors (Lipinski definition) is 1. The van der Waals surface area contributed by atoms with Gasteiger partial charge in [0.2, 0.25) is 0 Å². The van der Waals surface area contributed by atoms with E-state index in [-0.39, 0.29) is 11.4 Å². The van der Waals surface area contributed by atoms with Gasteiger partial charge in [-0.1, -0.05) is 0 Å². The monoisotopic (exact) mass is 275 g/mol. The highest BCUT2D eigenvalue weighted by atomic mass is 32.2. The molecule has 106 valence electrons. The van der Waals surface area contributed by atoms with Crippen LogP contribution < -0.4 is 5.73 Å². The third-order valence-electron chi connectivity index (χ3n) is 4.29. The molecule has 0 saturated heterocycles. The molecule has 0 amide bonds. The highest BCUT2D eigenvalue weighted by Crippen LogP contribution is 2.29. The van der Waals surface area contributed by atoms with Crippen LogP contribution in [0, 0.1) is 0 Å². The van der Waals surface area contributed by atoms with Gasteiger partial charge in [-0.3, -0.25) is 0 Å². The van der Waals surface area contributed by atoms with Crippen molar-refractivity contribution < 1.29 is 13.2 Å². The van der Waals surface area contributed by atoms with Crippen molar-refractivity contribution in [1.82, 2.24) is 0 Å². The zero-order valence-corrected chi connectivity index (χ0v) is 12.0. The second-order valence-electron chi connectivity index (χ2n) is 5.91. The summed E-state index contributed by atoms with van der Waals surface area (Å²) < 4.78 is 29.3. The molecule has 0 aromatic rings. The lowest BCUT2D eigenvalue weighted by Gasteiger charge is -2.33. The smallest absolute Gasteiger partial charge is 0.150 e. The molecule has 5 heteroatoms. The number of rotatable bonds is 3. The van der Waals surface area contributed by atoms with E-state index < -0.39 is 9.84 Å². The van der Waals surface area contributed by atoms with Crippen LogP contribution in [0.1, 0.15) is 51.4 Å². The molecule has 0 bridgehead atoms. The topological polar surface area (TPSA) is 69.4 Å². The number of hydrogen-bond acceptors (Lipinski definition) is 4. The molecule has 2 N–H and O–H groups in total. The Bertz CT molecular complexity index is 360. The first kappa shape index (κ1) is 14.3. The van der Waals surface area contributed by atoms with Crippen LogP contribution in [0.5, 0.6) is 0 Å². The molecular formula is C13H25NO3S. The summed E-state index contributed by atoms with van der Waals surface area (Å²) in [6, 6.07) is 0.333. The molecule has 2 atom stereocenters. The zero-order valence-electron chi connectivity index (χ0n) is 11.2. The van der Waals surface area contributed by atoms with E-state index in [2.05, 4.69) is 0 Å². The summed E-state index contributed by atoms with van der Waals surface area (Å²) >= 11 is 0. The Morgan fingerprint density at radius 3 is 2.28 bits per heavy atom. The molecule has 4 nitrogen and oxygen atoms in total. The van der Waals surface area contributed by atoms with Gasteiger partial charge in [0.1, 0.15) is 9.84 Å². The predicted octanol–water partition coefficient (Wildman–Crippen LogP) is 1.63. The molecule has 2 aliphatic rings. The van der Waals surface area contributed by atoms with Crippen LogP contribution >= 0.6 is 0 Å². The molecule has 0 heterocycles. The Hall–Kier alpha value is -0.130. The fourth-order valence-corrected chi connectivity index (χ4v) is 4.27. The lowest BCUT2D eigenvalue weighted by Crippen LogP contribution is -2.36. The Morgan fingerprint density at radius 2 is 1.67 bits per heavy atom. The number of ether oxygens (including phenoxy) is 1. The van der Waals surface area contributed by atoms with Crippen molar-refractivity contribution in [3.8, 4) is 0 Å². The summed E-state index contributed by atoms with van der Waals surface area (Å²) in [5, 5.41) is -0.193. The minimum Gasteiger partial charge on any atom is -0.375 e. The number of nitrogens with two attached hydrogens (primary N) is 1. The first-order chi connectivity index (χ1) is 8.45. The Labute approximate surface area is 110 Å². The van der Waals surface area contributed by atoms with Crippen molar-refractivity contribution in [1.29, 1.82) is 0 Å². The first-order valence-corrected chi connectivity index (χ1v) is 9.00. The van der Waals surface area contributed by atoms with E-state index in [9.17, 15) is 8.42 Å². The van der Waals surface area contributed by atoms with Gasteiger partial charge in [-0.2, -0.15) is 0 Å². The number of sulfone groups is 1. The quantitative estimate of drug-likeness (QED) is 0.850. The highest BCUT2D eigenvalue weighted by molar-refractivity contribution is 7.91. The van der Waals surface area contributed by atoms with Crippen LogP contribution in [0.2, 0.25) is 0 Å². The Morgan fingerprint density at radius 1 is 1.00 bits per heavy atom. The summed E-state index contributed by atoms with van der Waals surface area (Å²) in [5.74, 6) is 0. The molecule has 2 unspecified atom stereocenters. The minimum absolute atomic E-state index is 0.137. The SMILES string of the molecule is CS(=O)(=O)C1CCCC(OC2CCC(N)CC2)C1. The zero-order chi connectivity index (χ0) is 13.2. The van der Waals surface area contributed by atoms with Crippen molar-refractivity contribution in [2.75, 3.05) is 6.26 Å². The van der Waals surface area contributed by atoms with Gasteiger partial charge in [-0.25, -0.2) is 8.42 Å². The maximum absolute atomic E-state index is 11.6. The van der Waals surface area contributed by atoms with E-state index in [0.717, 1.165) is 44.9 Å². The standard InChI is InChI=1S/C13H25NO3S/c1-18(15,16)13-4-2-3-12(9-13)17-11-7-5-10(14)6-8-11/h10-13H,2-9,14H2,1H3. The van der Waals surface area contributed by atoms with Crippen molar-refractivity contribution >= 4 is 9.84 Å². The van der Waals surface area contributed by atoms with Gasteiger partial charge >= 0.3 is 0 Å². The normalized spacial score (nSPS) is 38.6. The summed E-state index contributed by atoms with van der Waals surface area (Å²) in [5.41, 5.74) is 5.87. The molecule has 0 spiro atoms. The molecule has 0 radical (unpaired) electrons. The van der Waals surface area contributed by atoms with Crippen LogP contribution in [0.4, 0.5) is 0 Å². The van der Waals surface area contributed by atoms with Crippen molar-refractivity contribution in [3.63, 3.8) is 0 Å². The van der Waals surface area contributed by atoms with Crippen molar-refractivity contribution in [2.24, 2.45) is 5.73 Å². The van der Waals surface area contributed by atoms with Crippen molar-refractivity contribution in [2.45, 2.75) is 74.9 Å². The van der Waals surface area contributed by atoms with Gasteiger partial charge in [0, 0.05) is 12.3 Å². The van der Waals surface area contributed by atoms with E-state index in [4.69, 9.17) is 10.5 Å².